The van der Waals surface area contributed by atoms with Crippen molar-refractivity contribution in [3.8, 4) is 0 Å². The third kappa shape index (κ3) is 10.3. The third-order valence-electron chi connectivity index (χ3n) is 4.67. The summed E-state index contributed by atoms with van der Waals surface area (Å²) in [5.41, 5.74) is 5.63. The van der Waals surface area contributed by atoms with Crippen LogP contribution in [0.5, 0.6) is 0 Å². The average molecular weight is 518 g/mol. The van der Waals surface area contributed by atoms with Crippen LogP contribution in [0.3, 0.4) is 0 Å². The highest BCUT2D eigenvalue weighted by atomic mass is 32.2. The van der Waals surface area contributed by atoms with E-state index in [-0.39, 0.29) is 12.8 Å². The predicted molar refractivity (Wildman–Crippen MR) is 124 cm³/mol. The van der Waals surface area contributed by atoms with E-state index in [2.05, 4.69) is 31.2 Å². The average Bonchev–Trinajstić information content (AvgIpc) is 3.35. The van der Waals surface area contributed by atoms with E-state index in [1.54, 1.807) is 6.26 Å². The van der Waals surface area contributed by atoms with Crippen LogP contribution in [-0.4, -0.2) is 111 Å². The fraction of sp³-hybridized carbons (Fsp3) is 0.579. The first-order valence-corrected chi connectivity index (χ1v) is 11.9. The van der Waals surface area contributed by atoms with Gasteiger partial charge in [-0.2, -0.15) is 11.8 Å². The Balaban J connectivity index is 2.87. The SMILES string of the molecule is CSCC[C@H](NC(=O)[C@H](CO)NC(=O)[C@H](CO)NC(=O)CN)C(=O)N[C@@H](Cc1cnc[nH]1)C(=O)O. The summed E-state index contributed by atoms with van der Waals surface area (Å²) < 4.78 is 0. The number of aliphatic hydroxyl groups excluding tert-OH is 2. The van der Waals surface area contributed by atoms with Crippen molar-refractivity contribution in [2.75, 3.05) is 31.8 Å². The van der Waals surface area contributed by atoms with Crippen LogP contribution in [0.25, 0.3) is 0 Å². The van der Waals surface area contributed by atoms with Crippen LogP contribution in [0.15, 0.2) is 12.5 Å². The van der Waals surface area contributed by atoms with Gasteiger partial charge in [0.15, 0.2) is 0 Å². The van der Waals surface area contributed by atoms with Crippen LogP contribution in [-0.2, 0) is 30.4 Å². The minimum atomic E-state index is -1.52. The third-order valence-corrected chi connectivity index (χ3v) is 5.32. The fourth-order valence-electron chi connectivity index (χ4n) is 2.78. The lowest BCUT2D eigenvalue weighted by Crippen LogP contribution is -2.59. The van der Waals surface area contributed by atoms with E-state index < -0.39 is 73.5 Å². The predicted octanol–water partition coefficient (Wildman–Crippen LogP) is -4.33. The molecule has 1 rings (SSSR count). The van der Waals surface area contributed by atoms with E-state index in [9.17, 15) is 39.3 Å². The number of nitrogens with two attached hydrogens (primary N) is 1. The first-order valence-electron chi connectivity index (χ1n) is 10.5. The summed E-state index contributed by atoms with van der Waals surface area (Å²) in [5, 5.41) is 37.5. The number of thioether (sulfide) groups is 1. The summed E-state index contributed by atoms with van der Waals surface area (Å²) in [6, 6.07) is -5.41. The molecule has 0 aliphatic heterocycles. The largest absolute Gasteiger partial charge is 0.480 e. The number of rotatable bonds is 16. The number of hydrogen-bond acceptors (Lipinski definition) is 10. The first-order chi connectivity index (χ1) is 16.7. The second-order valence-electron chi connectivity index (χ2n) is 7.27. The molecule has 1 heterocycles. The summed E-state index contributed by atoms with van der Waals surface area (Å²) in [6.45, 7) is -2.07. The smallest absolute Gasteiger partial charge is 0.326 e. The molecule has 1 aromatic rings. The lowest BCUT2D eigenvalue weighted by molar-refractivity contribution is -0.142. The number of imidazole rings is 1. The highest BCUT2D eigenvalue weighted by Gasteiger charge is 2.31. The number of aliphatic carboxylic acids is 1. The van der Waals surface area contributed by atoms with Gasteiger partial charge in [0.2, 0.25) is 23.6 Å². The topological polar surface area (TPSA) is 249 Å². The standard InChI is InChI=1S/C19H31N7O8S/c1-35-3-2-11(16(30)25-12(19(33)34)4-10-6-21-9-22-10)24-18(32)14(8-28)26-17(31)13(7-27)23-15(29)5-20/h6,9,11-14,27-28H,2-5,7-8,20H2,1H3,(H,21,22)(H,23,29)(H,24,32)(H,25,30)(H,26,31)(H,33,34)/t11-,12-,13-,14-/m0/s1. The van der Waals surface area contributed by atoms with Crippen LogP contribution in [0.2, 0.25) is 0 Å². The molecule has 0 saturated carbocycles. The summed E-state index contributed by atoms with van der Waals surface area (Å²) in [7, 11) is 0. The zero-order chi connectivity index (χ0) is 26.4. The number of nitrogens with one attached hydrogen (secondary N) is 5. The van der Waals surface area contributed by atoms with E-state index in [1.807, 2.05) is 0 Å². The summed E-state index contributed by atoms with van der Waals surface area (Å²) in [6.07, 6.45) is 4.61. The minimum Gasteiger partial charge on any atom is -0.480 e. The second kappa shape index (κ2) is 15.6. The molecule has 16 heteroatoms. The minimum absolute atomic E-state index is 0.0728. The lowest BCUT2D eigenvalue weighted by Gasteiger charge is -2.24. The van der Waals surface area contributed by atoms with E-state index in [0.717, 1.165) is 0 Å². The van der Waals surface area contributed by atoms with Gasteiger partial charge in [0.05, 0.1) is 26.1 Å². The van der Waals surface area contributed by atoms with Crippen molar-refractivity contribution in [3.63, 3.8) is 0 Å². The summed E-state index contributed by atoms with van der Waals surface area (Å²) in [5.74, 6) is -4.24. The van der Waals surface area contributed by atoms with Crippen molar-refractivity contribution < 1.29 is 39.3 Å². The Bertz CT molecular complexity index is 854. The van der Waals surface area contributed by atoms with Crippen molar-refractivity contribution in [1.29, 1.82) is 0 Å². The highest BCUT2D eigenvalue weighted by molar-refractivity contribution is 7.98. The Labute approximate surface area is 205 Å². The maximum absolute atomic E-state index is 12.8. The molecule has 196 valence electrons. The first kappa shape index (κ1) is 29.8. The molecular formula is C19H31N7O8S. The highest BCUT2D eigenvalue weighted by Crippen LogP contribution is 2.05. The van der Waals surface area contributed by atoms with Gasteiger partial charge in [-0.15, -0.1) is 0 Å². The van der Waals surface area contributed by atoms with Gasteiger partial charge in [0.1, 0.15) is 24.2 Å². The number of aromatic amines is 1. The van der Waals surface area contributed by atoms with Crippen LogP contribution >= 0.6 is 11.8 Å². The van der Waals surface area contributed by atoms with E-state index in [4.69, 9.17) is 5.73 Å². The van der Waals surface area contributed by atoms with Gasteiger partial charge in [-0.25, -0.2) is 9.78 Å². The van der Waals surface area contributed by atoms with Gasteiger partial charge in [0.25, 0.3) is 0 Å². The molecule has 0 radical (unpaired) electrons. The molecule has 0 bridgehead atoms. The molecule has 0 fully saturated rings. The van der Waals surface area contributed by atoms with Gasteiger partial charge >= 0.3 is 5.97 Å². The molecule has 0 aliphatic rings. The Kier molecular flexibility index (Phi) is 13.3. The number of carboxylic acid groups (broad SMARTS) is 1. The number of H-pyrrole nitrogens is 1. The maximum atomic E-state index is 12.8. The molecule has 0 aromatic carbocycles. The number of carbonyl (C=O) groups excluding carboxylic acids is 4. The quantitative estimate of drug-likeness (QED) is 0.101. The zero-order valence-corrected chi connectivity index (χ0v) is 19.8. The van der Waals surface area contributed by atoms with Gasteiger partial charge in [-0.3, -0.25) is 19.2 Å². The van der Waals surface area contributed by atoms with Gasteiger partial charge in [-0.05, 0) is 18.4 Å². The molecule has 4 amide bonds. The van der Waals surface area contributed by atoms with Crippen molar-refractivity contribution in [2.45, 2.75) is 37.0 Å². The molecule has 15 nitrogen and oxygen atoms in total. The number of carboxylic acids is 1. The Morgan fingerprint density at radius 2 is 1.51 bits per heavy atom. The van der Waals surface area contributed by atoms with Crippen LogP contribution < -0.4 is 27.0 Å². The Hall–Kier alpha value is -3.21. The monoisotopic (exact) mass is 517 g/mol. The van der Waals surface area contributed by atoms with Gasteiger partial charge in [0, 0.05) is 18.3 Å². The molecular weight excluding hydrogens is 486 g/mol. The molecule has 10 N–H and O–H groups in total. The van der Waals surface area contributed by atoms with Crippen LogP contribution in [0.1, 0.15) is 12.1 Å². The molecule has 4 atom stereocenters. The van der Waals surface area contributed by atoms with E-state index in [0.29, 0.717) is 11.4 Å². The number of aromatic nitrogens is 2. The molecule has 0 spiro atoms. The van der Waals surface area contributed by atoms with Crippen molar-refractivity contribution in [1.82, 2.24) is 31.2 Å². The Morgan fingerprint density at radius 3 is 2.00 bits per heavy atom. The fourth-order valence-corrected chi connectivity index (χ4v) is 3.25. The Morgan fingerprint density at radius 1 is 0.971 bits per heavy atom. The molecule has 0 aliphatic carbocycles. The van der Waals surface area contributed by atoms with Crippen molar-refractivity contribution in [2.24, 2.45) is 5.73 Å². The number of nitrogens with zero attached hydrogens (tertiary/aromatic N) is 1. The van der Waals surface area contributed by atoms with Crippen LogP contribution in [0, 0.1) is 0 Å². The summed E-state index contributed by atoms with van der Waals surface area (Å²) in [4.78, 5) is 67.3. The summed E-state index contributed by atoms with van der Waals surface area (Å²) >= 11 is 1.38. The van der Waals surface area contributed by atoms with Crippen molar-refractivity contribution in [3.05, 3.63) is 18.2 Å². The maximum Gasteiger partial charge on any atom is 0.326 e. The number of amides is 4. The molecule has 0 unspecified atom stereocenters. The molecule has 1 aromatic heterocycles. The second-order valence-corrected chi connectivity index (χ2v) is 8.26. The van der Waals surface area contributed by atoms with Crippen molar-refractivity contribution >= 4 is 41.4 Å². The number of aliphatic hydroxyl groups is 2. The number of carbonyl (C=O) groups is 5. The lowest BCUT2D eigenvalue weighted by atomic mass is 10.1. The van der Waals surface area contributed by atoms with Gasteiger partial charge < -0.3 is 47.3 Å². The van der Waals surface area contributed by atoms with Crippen LogP contribution in [0.4, 0.5) is 0 Å². The van der Waals surface area contributed by atoms with Gasteiger partial charge in [-0.1, -0.05) is 0 Å². The van der Waals surface area contributed by atoms with E-state index >= 15 is 0 Å². The van der Waals surface area contributed by atoms with E-state index in [1.165, 1.54) is 24.3 Å². The molecule has 0 saturated heterocycles. The normalized spacial score (nSPS) is 14.2. The zero-order valence-electron chi connectivity index (χ0n) is 19.0. The molecule has 35 heavy (non-hydrogen) atoms. The number of hydrogen-bond donors (Lipinski definition) is 9.